The number of nitrogens with zero attached hydrogens (tertiary/aromatic N) is 1. The van der Waals surface area contributed by atoms with E-state index in [9.17, 15) is 4.79 Å². The topological polar surface area (TPSA) is 49.8 Å². The molecule has 1 amide bonds. The average Bonchev–Trinajstić information content (AvgIpc) is 2.26. The molecule has 0 bridgehead atoms. The zero-order valence-electron chi connectivity index (χ0n) is 9.52. The second-order valence-corrected chi connectivity index (χ2v) is 4.56. The van der Waals surface area contributed by atoms with Crippen LogP contribution in [0.1, 0.15) is 5.56 Å². The van der Waals surface area contributed by atoms with E-state index in [2.05, 4.69) is 0 Å². The zero-order valence-corrected chi connectivity index (χ0v) is 10.3. The Morgan fingerprint density at radius 1 is 1.59 bits per heavy atom. The number of aliphatic hydroxyl groups is 1. The number of aliphatic hydroxyl groups excluding tert-OH is 1. The number of β-amino-alcohol motifs (C(OH)–C–C–N with tert-alkyl or cyclic N) is 1. The predicted octanol–water partition coefficient (Wildman–Crippen LogP) is 1.23. The van der Waals surface area contributed by atoms with E-state index in [0.717, 1.165) is 5.56 Å². The first-order valence-corrected chi connectivity index (χ1v) is 5.79. The highest BCUT2D eigenvalue weighted by Crippen LogP contribution is 2.21. The number of carbonyl (C=O) groups excluding carboxylic acids is 1. The Bertz CT molecular complexity index is 430. The minimum Gasteiger partial charge on any atom is -0.484 e. The molecule has 2 rings (SSSR count). The molecule has 0 atom stereocenters. The number of aryl methyl sites for hydroxylation is 1. The lowest BCUT2D eigenvalue weighted by molar-refractivity contribution is -0.143. The van der Waals surface area contributed by atoms with E-state index >= 15 is 0 Å². The van der Waals surface area contributed by atoms with Gasteiger partial charge in [0.1, 0.15) is 5.75 Å². The van der Waals surface area contributed by atoms with Crippen LogP contribution >= 0.6 is 11.6 Å². The Morgan fingerprint density at radius 2 is 2.29 bits per heavy atom. The van der Waals surface area contributed by atoms with Gasteiger partial charge in [0.2, 0.25) is 0 Å². The van der Waals surface area contributed by atoms with Crippen LogP contribution < -0.4 is 4.74 Å². The van der Waals surface area contributed by atoms with Crippen LogP contribution in [0.3, 0.4) is 0 Å². The van der Waals surface area contributed by atoms with Gasteiger partial charge in [-0.3, -0.25) is 4.79 Å². The molecular weight excluding hydrogens is 242 g/mol. The number of carbonyl (C=O) groups is 1. The van der Waals surface area contributed by atoms with Crippen LogP contribution in [-0.2, 0) is 4.79 Å². The molecule has 1 aliphatic rings. The lowest BCUT2D eigenvalue weighted by Crippen LogP contribution is -2.54. The lowest BCUT2D eigenvalue weighted by atomic mass is 10.2. The number of hydrogen-bond donors (Lipinski definition) is 1. The van der Waals surface area contributed by atoms with Crippen LogP contribution in [-0.4, -0.2) is 41.7 Å². The quantitative estimate of drug-likeness (QED) is 0.884. The molecule has 1 aromatic carbocycles. The molecule has 1 aromatic rings. The maximum absolute atomic E-state index is 11.6. The number of likely N-dealkylation sites (tertiary alicyclic amines) is 1. The first-order valence-electron chi connectivity index (χ1n) is 5.41. The Kier molecular flexibility index (Phi) is 3.54. The van der Waals surface area contributed by atoms with Crippen LogP contribution in [0.15, 0.2) is 18.2 Å². The molecule has 5 heteroatoms. The monoisotopic (exact) mass is 255 g/mol. The summed E-state index contributed by atoms with van der Waals surface area (Å²) in [6.07, 6.45) is -0.378. The largest absolute Gasteiger partial charge is 0.484 e. The molecule has 17 heavy (non-hydrogen) atoms. The van der Waals surface area contributed by atoms with Crippen molar-refractivity contribution in [2.45, 2.75) is 13.0 Å². The molecule has 92 valence electrons. The van der Waals surface area contributed by atoms with E-state index in [4.69, 9.17) is 21.4 Å². The second-order valence-electron chi connectivity index (χ2n) is 4.15. The van der Waals surface area contributed by atoms with Gasteiger partial charge in [0.15, 0.2) is 6.61 Å². The number of halogens is 1. The fraction of sp³-hybridized carbons (Fsp3) is 0.417. The van der Waals surface area contributed by atoms with Gasteiger partial charge in [-0.2, -0.15) is 0 Å². The maximum Gasteiger partial charge on any atom is 0.260 e. The average molecular weight is 256 g/mol. The van der Waals surface area contributed by atoms with E-state index in [1.807, 2.05) is 6.92 Å². The number of ether oxygens (including phenoxy) is 1. The third kappa shape index (κ3) is 2.90. The molecule has 0 unspecified atom stereocenters. The molecule has 0 saturated carbocycles. The van der Waals surface area contributed by atoms with Crippen LogP contribution in [0.25, 0.3) is 0 Å². The number of amides is 1. The SMILES string of the molecule is Cc1cc(OCC(=O)N2CC(O)C2)ccc1Cl. The minimum atomic E-state index is -0.378. The van der Waals surface area contributed by atoms with E-state index in [-0.39, 0.29) is 18.6 Å². The fourth-order valence-corrected chi connectivity index (χ4v) is 1.72. The van der Waals surface area contributed by atoms with Crippen molar-refractivity contribution in [1.82, 2.24) is 4.90 Å². The number of benzene rings is 1. The number of hydrogen-bond acceptors (Lipinski definition) is 3. The molecule has 4 nitrogen and oxygen atoms in total. The Balaban J connectivity index is 1.85. The standard InChI is InChI=1S/C12H14ClNO3/c1-8-4-10(2-3-11(8)13)17-7-12(16)14-5-9(15)6-14/h2-4,9,15H,5-7H2,1H3. The summed E-state index contributed by atoms with van der Waals surface area (Å²) in [4.78, 5) is 13.1. The smallest absolute Gasteiger partial charge is 0.260 e. The molecule has 1 aliphatic heterocycles. The van der Waals surface area contributed by atoms with E-state index in [1.165, 1.54) is 0 Å². The molecule has 1 fully saturated rings. The van der Waals surface area contributed by atoms with Crippen LogP contribution in [0, 0.1) is 6.92 Å². The summed E-state index contributed by atoms with van der Waals surface area (Å²) >= 11 is 5.88. The summed E-state index contributed by atoms with van der Waals surface area (Å²) in [7, 11) is 0. The van der Waals surface area contributed by atoms with Gasteiger partial charge in [-0.25, -0.2) is 0 Å². The molecule has 1 saturated heterocycles. The van der Waals surface area contributed by atoms with Crippen molar-refractivity contribution in [1.29, 1.82) is 0 Å². The third-order valence-electron chi connectivity index (χ3n) is 2.71. The van der Waals surface area contributed by atoms with Crippen LogP contribution in [0.4, 0.5) is 0 Å². The van der Waals surface area contributed by atoms with Gasteiger partial charge < -0.3 is 14.7 Å². The molecule has 0 aliphatic carbocycles. The van der Waals surface area contributed by atoms with Crippen molar-refractivity contribution < 1.29 is 14.6 Å². The van der Waals surface area contributed by atoms with Gasteiger partial charge in [0.05, 0.1) is 6.10 Å². The minimum absolute atomic E-state index is 0.00616. The molecule has 0 radical (unpaired) electrons. The molecule has 1 N–H and O–H groups in total. The maximum atomic E-state index is 11.6. The summed E-state index contributed by atoms with van der Waals surface area (Å²) in [6.45, 7) is 2.68. The van der Waals surface area contributed by atoms with Crippen molar-refractivity contribution in [3.63, 3.8) is 0 Å². The van der Waals surface area contributed by atoms with Crippen molar-refractivity contribution in [3.05, 3.63) is 28.8 Å². The molecule has 1 heterocycles. The van der Waals surface area contributed by atoms with Crippen molar-refractivity contribution >= 4 is 17.5 Å². The molecule has 0 spiro atoms. The van der Waals surface area contributed by atoms with Crippen LogP contribution in [0.2, 0.25) is 5.02 Å². The summed E-state index contributed by atoms with van der Waals surface area (Å²) in [6, 6.07) is 5.26. The first-order chi connectivity index (χ1) is 8.06. The predicted molar refractivity (Wildman–Crippen MR) is 64.3 cm³/mol. The molecule has 0 aromatic heterocycles. The van der Waals surface area contributed by atoms with Gasteiger partial charge in [0.25, 0.3) is 5.91 Å². The van der Waals surface area contributed by atoms with Gasteiger partial charge in [-0.15, -0.1) is 0 Å². The second kappa shape index (κ2) is 4.94. The third-order valence-corrected chi connectivity index (χ3v) is 3.13. The van der Waals surface area contributed by atoms with Gasteiger partial charge in [-0.05, 0) is 30.7 Å². The zero-order chi connectivity index (χ0) is 12.4. The Labute approximate surface area is 105 Å². The number of rotatable bonds is 3. The Hall–Kier alpha value is -1.26. The van der Waals surface area contributed by atoms with Gasteiger partial charge in [0, 0.05) is 18.1 Å². The van der Waals surface area contributed by atoms with Crippen molar-refractivity contribution in [2.75, 3.05) is 19.7 Å². The Morgan fingerprint density at radius 3 is 2.88 bits per heavy atom. The van der Waals surface area contributed by atoms with E-state index in [1.54, 1.807) is 23.1 Å². The summed E-state index contributed by atoms with van der Waals surface area (Å²) < 4.78 is 5.36. The van der Waals surface area contributed by atoms with Gasteiger partial charge in [-0.1, -0.05) is 11.6 Å². The highest BCUT2D eigenvalue weighted by atomic mass is 35.5. The highest BCUT2D eigenvalue weighted by Gasteiger charge is 2.28. The van der Waals surface area contributed by atoms with Crippen molar-refractivity contribution in [2.24, 2.45) is 0 Å². The normalized spacial score (nSPS) is 15.6. The highest BCUT2D eigenvalue weighted by molar-refractivity contribution is 6.31. The van der Waals surface area contributed by atoms with Crippen molar-refractivity contribution in [3.8, 4) is 5.75 Å². The summed E-state index contributed by atoms with van der Waals surface area (Å²) in [5.74, 6) is 0.518. The van der Waals surface area contributed by atoms with E-state index < -0.39 is 0 Å². The summed E-state index contributed by atoms with van der Waals surface area (Å²) in [5.41, 5.74) is 0.913. The van der Waals surface area contributed by atoms with Gasteiger partial charge >= 0.3 is 0 Å². The fourth-order valence-electron chi connectivity index (χ4n) is 1.60. The van der Waals surface area contributed by atoms with Crippen LogP contribution in [0.5, 0.6) is 5.75 Å². The van der Waals surface area contributed by atoms with E-state index in [0.29, 0.717) is 23.9 Å². The summed E-state index contributed by atoms with van der Waals surface area (Å²) in [5, 5.41) is 9.75. The lowest BCUT2D eigenvalue weighted by Gasteiger charge is -2.35. The molecular formula is C12H14ClNO3. The first kappa shape index (κ1) is 12.2.